The lowest BCUT2D eigenvalue weighted by atomic mass is 10.1. The zero-order valence-electron chi connectivity index (χ0n) is 15.7. The quantitative estimate of drug-likeness (QED) is 0.777. The molecule has 2 saturated heterocycles. The molecule has 1 atom stereocenters. The SMILES string of the molecule is O=C([C@@H]1CC(=O)N(c2ccc(F)cc2)C1)N1CCN(CCn2cccn2)CC1. The Kier molecular flexibility index (Phi) is 5.38. The molecule has 2 aliphatic rings. The van der Waals surface area contributed by atoms with Crippen LogP contribution in [0.25, 0.3) is 0 Å². The van der Waals surface area contributed by atoms with Crippen molar-refractivity contribution >= 4 is 17.5 Å². The van der Waals surface area contributed by atoms with Crippen molar-refractivity contribution in [3.8, 4) is 0 Å². The molecule has 0 unspecified atom stereocenters. The maximum Gasteiger partial charge on any atom is 0.228 e. The fraction of sp³-hybridized carbons (Fsp3) is 0.450. The minimum absolute atomic E-state index is 0.0460. The van der Waals surface area contributed by atoms with Gasteiger partial charge in [0.2, 0.25) is 11.8 Å². The summed E-state index contributed by atoms with van der Waals surface area (Å²) < 4.78 is 15.0. The zero-order valence-corrected chi connectivity index (χ0v) is 15.7. The Hall–Kier alpha value is -2.74. The highest BCUT2D eigenvalue weighted by atomic mass is 19.1. The lowest BCUT2D eigenvalue weighted by Crippen LogP contribution is -2.51. The molecule has 2 fully saturated rings. The fourth-order valence-electron chi connectivity index (χ4n) is 3.87. The van der Waals surface area contributed by atoms with Crippen LogP contribution in [0.15, 0.2) is 42.7 Å². The van der Waals surface area contributed by atoms with Crippen LogP contribution in [0.3, 0.4) is 0 Å². The lowest BCUT2D eigenvalue weighted by molar-refractivity contribution is -0.137. The van der Waals surface area contributed by atoms with Gasteiger partial charge in [-0.1, -0.05) is 0 Å². The van der Waals surface area contributed by atoms with Gasteiger partial charge >= 0.3 is 0 Å². The second kappa shape index (κ2) is 8.10. The van der Waals surface area contributed by atoms with Gasteiger partial charge in [0.25, 0.3) is 0 Å². The average Bonchev–Trinajstić information content (AvgIpc) is 3.37. The van der Waals surface area contributed by atoms with Crippen molar-refractivity contribution in [1.29, 1.82) is 0 Å². The summed E-state index contributed by atoms with van der Waals surface area (Å²) in [6.45, 7) is 5.13. The van der Waals surface area contributed by atoms with Crippen LogP contribution in [0.2, 0.25) is 0 Å². The normalized spacial score (nSPS) is 20.8. The van der Waals surface area contributed by atoms with E-state index >= 15 is 0 Å². The number of hydrogen-bond donors (Lipinski definition) is 0. The Bertz CT molecular complexity index is 816. The molecule has 4 rings (SSSR count). The molecule has 2 amide bonds. The van der Waals surface area contributed by atoms with Gasteiger partial charge in [-0.2, -0.15) is 5.10 Å². The molecule has 0 radical (unpaired) electrons. The first kappa shape index (κ1) is 18.6. The van der Waals surface area contributed by atoms with Gasteiger partial charge in [0, 0.05) is 63.8 Å². The van der Waals surface area contributed by atoms with Crippen molar-refractivity contribution in [3.05, 3.63) is 48.5 Å². The number of rotatable bonds is 5. The maximum atomic E-state index is 13.1. The van der Waals surface area contributed by atoms with Crippen LogP contribution in [0.5, 0.6) is 0 Å². The third kappa shape index (κ3) is 4.06. The monoisotopic (exact) mass is 385 g/mol. The highest BCUT2D eigenvalue weighted by Gasteiger charge is 2.37. The summed E-state index contributed by atoms with van der Waals surface area (Å²) in [7, 11) is 0. The van der Waals surface area contributed by atoms with E-state index < -0.39 is 0 Å². The number of nitrogens with zero attached hydrogens (tertiary/aromatic N) is 5. The van der Waals surface area contributed by atoms with Crippen LogP contribution in [-0.4, -0.2) is 70.7 Å². The Morgan fingerprint density at radius 3 is 2.54 bits per heavy atom. The maximum absolute atomic E-state index is 13.1. The third-order valence-electron chi connectivity index (χ3n) is 5.50. The van der Waals surface area contributed by atoms with Crippen LogP contribution in [0, 0.1) is 11.7 Å². The number of carbonyl (C=O) groups excluding carboxylic acids is 2. The van der Waals surface area contributed by atoms with E-state index in [1.807, 2.05) is 21.8 Å². The van der Waals surface area contributed by atoms with Crippen LogP contribution in [0.4, 0.5) is 10.1 Å². The van der Waals surface area contributed by atoms with Gasteiger partial charge in [-0.25, -0.2) is 4.39 Å². The van der Waals surface area contributed by atoms with Gasteiger partial charge in [0.15, 0.2) is 0 Å². The van der Waals surface area contributed by atoms with E-state index in [1.54, 1.807) is 23.2 Å². The predicted molar refractivity (Wildman–Crippen MR) is 102 cm³/mol. The smallest absolute Gasteiger partial charge is 0.228 e. The molecule has 7 nitrogen and oxygen atoms in total. The molecule has 3 heterocycles. The Morgan fingerprint density at radius 2 is 1.86 bits per heavy atom. The van der Waals surface area contributed by atoms with Crippen LogP contribution >= 0.6 is 0 Å². The Morgan fingerprint density at radius 1 is 1.11 bits per heavy atom. The fourth-order valence-corrected chi connectivity index (χ4v) is 3.87. The minimum Gasteiger partial charge on any atom is -0.340 e. The van der Waals surface area contributed by atoms with Gasteiger partial charge in [-0.3, -0.25) is 19.2 Å². The second-order valence-electron chi connectivity index (χ2n) is 7.32. The summed E-state index contributed by atoms with van der Waals surface area (Å²) in [6, 6.07) is 7.74. The summed E-state index contributed by atoms with van der Waals surface area (Å²) in [5, 5.41) is 4.21. The molecule has 0 N–H and O–H groups in total. The topological polar surface area (TPSA) is 61.7 Å². The summed E-state index contributed by atoms with van der Waals surface area (Å²) >= 11 is 0. The molecule has 0 saturated carbocycles. The average molecular weight is 385 g/mol. The van der Waals surface area contributed by atoms with E-state index in [1.165, 1.54) is 12.1 Å². The summed E-state index contributed by atoms with van der Waals surface area (Å²) in [5.74, 6) is -0.700. The third-order valence-corrected chi connectivity index (χ3v) is 5.50. The predicted octanol–water partition coefficient (Wildman–Crippen LogP) is 1.22. The van der Waals surface area contributed by atoms with E-state index in [0.29, 0.717) is 25.3 Å². The Labute approximate surface area is 163 Å². The van der Waals surface area contributed by atoms with Crippen molar-refractivity contribution in [2.24, 2.45) is 5.92 Å². The molecular formula is C20H24FN5O2. The van der Waals surface area contributed by atoms with E-state index in [4.69, 9.17) is 0 Å². The first-order valence-electron chi connectivity index (χ1n) is 9.64. The molecule has 2 aromatic rings. The van der Waals surface area contributed by atoms with Crippen molar-refractivity contribution in [2.75, 3.05) is 44.2 Å². The standard InChI is InChI=1S/C20H24FN5O2/c21-17-2-4-18(5-3-17)26-15-16(14-19(26)27)20(28)24-11-8-23(9-12-24)10-13-25-7-1-6-22-25/h1-7,16H,8-15H2/t16-/m1/s1. The molecule has 148 valence electrons. The number of halogens is 1. The van der Waals surface area contributed by atoms with Gasteiger partial charge in [0.1, 0.15) is 5.82 Å². The summed E-state index contributed by atoms with van der Waals surface area (Å²) in [6.07, 6.45) is 3.94. The zero-order chi connectivity index (χ0) is 19.5. The second-order valence-corrected chi connectivity index (χ2v) is 7.32. The molecule has 0 bridgehead atoms. The largest absolute Gasteiger partial charge is 0.340 e. The number of amides is 2. The number of aromatic nitrogens is 2. The van der Waals surface area contributed by atoms with Crippen LogP contribution < -0.4 is 4.90 Å². The van der Waals surface area contributed by atoms with Gasteiger partial charge in [-0.05, 0) is 30.3 Å². The molecule has 28 heavy (non-hydrogen) atoms. The van der Waals surface area contributed by atoms with Crippen LogP contribution in [0.1, 0.15) is 6.42 Å². The molecule has 1 aromatic carbocycles. The van der Waals surface area contributed by atoms with Gasteiger partial charge < -0.3 is 9.80 Å². The number of benzene rings is 1. The van der Waals surface area contributed by atoms with Crippen molar-refractivity contribution in [3.63, 3.8) is 0 Å². The van der Waals surface area contributed by atoms with E-state index in [0.717, 1.165) is 26.2 Å². The van der Waals surface area contributed by atoms with Gasteiger partial charge in [0.05, 0.1) is 12.5 Å². The Balaban J connectivity index is 1.28. The van der Waals surface area contributed by atoms with Crippen molar-refractivity contribution < 1.29 is 14.0 Å². The number of hydrogen-bond acceptors (Lipinski definition) is 4. The van der Waals surface area contributed by atoms with Crippen molar-refractivity contribution in [1.82, 2.24) is 19.6 Å². The number of piperazine rings is 1. The summed E-state index contributed by atoms with van der Waals surface area (Å²) in [4.78, 5) is 31.0. The highest BCUT2D eigenvalue weighted by Crippen LogP contribution is 2.26. The molecular weight excluding hydrogens is 361 g/mol. The molecule has 0 aliphatic carbocycles. The van der Waals surface area contributed by atoms with E-state index in [9.17, 15) is 14.0 Å². The summed E-state index contributed by atoms with van der Waals surface area (Å²) in [5.41, 5.74) is 0.644. The molecule has 2 aliphatic heterocycles. The molecule has 8 heteroatoms. The van der Waals surface area contributed by atoms with E-state index in [2.05, 4.69) is 10.00 Å². The first-order valence-corrected chi connectivity index (χ1v) is 9.64. The molecule has 1 aromatic heterocycles. The highest BCUT2D eigenvalue weighted by molar-refractivity contribution is 6.00. The minimum atomic E-state index is -0.339. The van der Waals surface area contributed by atoms with Crippen molar-refractivity contribution in [2.45, 2.75) is 13.0 Å². The number of anilines is 1. The molecule has 0 spiro atoms. The number of carbonyl (C=O) groups is 2. The van der Waals surface area contributed by atoms with E-state index in [-0.39, 0.29) is 30.0 Å². The van der Waals surface area contributed by atoms with Crippen LogP contribution in [-0.2, 0) is 16.1 Å². The van der Waals surface area contributed by atoms with Gasteiger partial charge in [-0.15, -0.1) is 0 Å². The lowest BCUT2D eigenvalue weighted by Gasteiger charge is -2.35. The first-order chi connectivity index (χ1) is 13.6.